The Bertz CT molecular complexity index is 257. The Morgan fingerprint density at radius 3 is 2.56 bits per heavy atom. The highest BCUT2D eigenvalue weighted by atomic mass is 16.1. The molecular weight excluding hydrogens is 200 g/mol. The Labute approximate surface area is 98.5 Å². The number of nitrogens with one attached hydrogen (secondary N) is 1. The molecule has 1 atom stereocenters. The minimum absolute atomic E-state index is 0.183. The number of hydrazine groups is 1. The van der Waals surface area contributed by atoms with Crippen molar-refractivity contribution in [2.24, 2.45) is 5.41 Å². The molecule has 3 heteroatoms. The molecule has 0 aromatic rings. The van der Waals surface area contributed by atoms with Crippen LogP contribution >= 0.6 is 0 Å². The van der Waals surface area contributed by atoms with Gasteiger partial charge >= 0.3 is 0 Å². The maximum atomic E-state index is 11.7. The molecule has 0 radical (unpaired) electrons. The van der Waals surface area contributed by atoms with Crippen LogP contribution in [0, 0.1) is 5.41 Å². The molecule has 1 heterocycles. The van der Waals surface area contributed by atoms with Gasteiger partial charge in [0.1, 0.15) is 5.78 Å². The van der Waals surface area contributed by atoms with E-state index < -0.39 is 0 Å². The molecule has 2 aliphatic rings. The summed E-state index contributed by atoms with van der Waals surface area (Å²) in [5, 5.41) is 2.32. The molecule has 0 bridgehead atoms. The largest absolute Gasteiger partial charge is 0.300 e. The van der Waals surface area contributed by atoms with Crippen LogP contribution in [0.25, 0.3) is 0 Å². The lowest BCUT2D eigenvalue weighted by atomic mass is 9.74. The summed E-state index contributed by atoms with van der Waals surface area (Å²) >= 11 is 0. The minimum atomic E-state index is 0.183. The van der Waals surface area contributed by atoms with E-state index in [1.165, 1.54) is 19.3 Å². The van der Waals surface area contributed by atoms with Crippen molar-refractivity contribution in [1.82, 2.24) is 10.4 Å². The summed E-state index contributed by atoms with van der Waals surface area (Å²) in [5.74, 6) is 0.422. The lowest BCUT2D eigenvalue weighted by molar-refractivity contribution is -0.124. The lowest BCUT2D eigenvalue weighted by Crippen LogP contribution is -2.51. The van der Waals surface area contributed by atoms with Crippen molar-refractivity contribution in [1.29, 1.82) is 0 Å². The normalized spacial score (nSPS) is 31.6. The number of carbonyl (C=O) groups is 1. The molecule has 0 aromatic carbocycles. The average Bonchev–Trinajstić information content (AvgIpc) is 2.15. The fourth-order valence-corrected chi connectivity index (χ4v) is 3.06. The van der Waals surface area contributed by atoms with Crippen molar-refractivity contribution in [3.63, 3.8) is 0 Å². The third-order valence-corrected chi connectivity index (χ3v) is 3.67. The maximum Gasteiger partial charge on any atom is 0.135 e. The van der Waals surface area contributed by atoms with Crippen molar-refractivity contribution in [3.05, 3.63) is 0 Å². The number of Topliss-reactive ketones (excluding diaryl/α,β-unsaturated/α-hetero) is 1. The van der Waals surface area contributed by atoms with Gasteiger partial charge in [-0.2, -0.15) is 0 Å². The molecule has 1 saturated carbocycles. The van der Waals surface area contributed by atoms with Crippen LogP contribution < -0.4 is 5.43 Å². The van der Waals surface area contributed by atoms with Crippen LogP contribution in [-0.4, -0.2) is 29.9 Å². The van der Waals surface area contributed by atoms with E-state index in [1.807, 2.05) is 0 Å². The highest BCUT2D eigenvalue weighted by Gasteiger charge is 2.33. The second-order valence-corrected chi connectivity index (χ2v) is 6.16. The second kappa shape index (κ2) is 4.84. The van der Waals surface area contributed by atoms with Crippen molar-refractivity contribution in [2.75, 3.05) is 13.1 Å². The van der Waals surface area contributed by atoms with E-state index in [4.69, 9.17) is 0 Å². The molecule has 1 aliphatic carbocycles. The van der Waals surface area contributed by atoms with Gasteiger partial charge < -0.3 is 0 Å². The summed E-state index contributed by atoms with van der Waals surface area (Å²) in [6, 6.07) is 0.370. The third kappa shape index (κ3) is 3.29. The summed E-state index contributed by atoms with van der Waals surface area (Å²) in [5.41, 5.74) is 3.74. The predicted octanol–water partition coefficient (Wildman–Crippen LogP) is 2.12. The maximum absolute atomic E-state index is 11.7. The van der Waals surface area contributed by atoms with Gasteiger partial charge in [0.15, 0.2) is 0 Å². The predicted molar refractivity (Wildman–Crippen MR) is 65.0 cm³/mol. The number of hydrogen-bond acceptors (Lipinski definition) is 3. The Balaban J connectivity index is 1.86. The first-order valence-electron chi connectivity index (χ1n) is 6.58. The number of hydrogen-bond donors (Lipinski definition) is 1. The van der Waals surface area contributed by atoms with Crippen LogP contribution in [0.3, 0.4) is 0 Å². The zero-order chi connectivity index (χ0) is 11.6. The van der Waals surface area contributed by atoms with Gasteiger partial charge in [0.2, 0.25) is 0 Å². The van der Waals surface area contributed by atoms with Gasteiger partial charge in [-0.25, -0.2) is 5.01 Å². The van der Waals surface area contributed by atoms with Gasteiger partial charge in [0, 0.05) is 32.0 Å². The van der Waals surface area contributed by atoms with E-state index in [0.29, 0.717) is 11.8 Å². The molecule has 3 nitrogen and oxygen atoms in total. The van der Waals surface area contributed by atoms with Crippen LogP contribution in [0.5, 0.6) is 0 Å². The fraction of sp³-hybridized carbons (Fsp3) is 0.923. The molecule has 0 spiro atoms. The number of ketones is 1. The van der Waals surface area contributed by atoms with Crippen molar-refractivity contribution in [2.45, 2.75) is 58.4 Å². The molecule has 0 aromatic heterocycles. The van der Waals surface area contributed by atoms with Gasteiger partial charge in [-0.15, -0.1) is 0 Å². The Morgan fingerprint density at radius 1 is 1.25 bits per heavy atom. The summed E-state index contributed by atoms with van der Waals surface area (Å²) < 4.78 is 0. The summed E-state index contributed by atoms with van der Waals surface area (Å²) in [6.07, 6.45) is 6.53. The van der Waals surface area contributed by atoms with Gasteiger partial charge in [-0.3, -0.25) is 10.2 Å². The first kappa shape index (κ1) is 12.1. The van der Waals surface area contributed by atoms with Crippen LogP contribution in [0.15, 0.2) is 0 Å². The highest BCUT2D eigenvalue weighted by molar-refractivity contribution is 5.80. The Morgan fingerprint density at radius 2 is 1.94 bits per heavy atom. The quantitative estimate of drug-likeness (QED) is 0.780. The first-order chi connectivity index (χ1) is 7.55. The van der Waals surface area contributed by atoms with E-state index in [1.54, 1.807) is 0 Å². The van der Waals surface area contributed by atoms with Crippen molar-refractivity contribution < 1.29 is 4.79 Å². The van der Waals surface area contributed by atoms with Gasteiger partial charge in [-0.05, 0) is 24.7 Å². The fourth-order valence-electron chi connectivity index (χ4n) is 3.06. The minimum Gasteiger partial charge on any atom is -0.300 e. The van der Waals surface area contributed by atoms with E-state index in [2.05, 4.69) is 24.3 Å². The summed E-state index contributed by atoms with van der Waals surface area (Å²) in [6.45, 7) is 6.69. The summed E-state index contributed by atoms with van der Waals surface area (Å²) in [4.78, 5) is 11.7. The zero-order valence-corrected chi connectivity index (χ0v) is 10.6. The van der Waals surface area contributed by atoms with Crippen molar-refractivity contribution in [3.8, 4) is 0 Å². The number of carbonyl (C=O) groups excluding carboxylic acids is 1. The monoisotopic (exact) mass is 224 g/mol. The zero-order valence-electron chi connectivity index (χ0n) is 10.6. The van der Waals surface area contributed by atoms with Crippen molar-refractivity contribution >= 4 is 5.78 Å². The van der Waals surface area contributed by atoms with Crippen LogP contribution in [-0.2, 0) is 4.79 Å². The molecule has 1 saturated heterocycles. The third-order valence-electron chi connectivity index (χ3n) is 3.67. The topological polar surface area (TPSA) is 32.3 Å². The highest BCUT2D eigenvalue weighted by Crippen LogP contribution is 2.33. The number of nitrogens with zero attached hydrogens (tertiary/aromatic N) is 1. The molecule has 0 amide bonds. The molecule has 2 rings (SSSR count). The Kier molecular flexibility index (Phi) is 3.65. The molecular formula is C13H24N2O. The SMILES string of the molecule is CC1(C)CC(=O)CC(NN2CCCCC2)C1. The van der Waals surface area contributed by atoms with E-state index in [9.17, 15) is 4.79 Å². The molecule has 16 heavy (non-hydrogen) atoms. The standard InChI is InChI=1S/C13H24N2O/c1-13(2)9-11(8-12(16)10-13)14-15-6-4-3-5-7-15/h11,14H,3-10H2,1-2H3. The first-order valence-corrected chi connectivity index (χ1v) is 6.58. The smallest absolute Gasteiger partial charge is 0.135 e. The molecule has 1 N–H and O–H groups in total. The van der Waals surface area contributed by atoms with Crippen LogP contribution in [0.2, 0.25) is 0 Å². The number of rotatable bonds is 2. The lowest BCUT2D eigenvalue weighted by Gasteiger charge is -2.38. The average molecular weight is 224 g/mol. The molecule has 1 unspecified atom stereocenters. The van der Waals surface area contributed by atoms with Gasteiger partial charge in [0.25, 0.3) is 0 Å². The molecule has 1 aliphatic heterocycles. The molecule has 92 valence electrons. The number of piperidine rings is 1. The van der Waals surface area contributed by atoms with Crippen LogP contribution in [0.4, 0.5) is 0 Å². The van der Waals surface area contributed by atoms with E-state index in [-0.39, 0.29) is 5.41 Å². The Hall–Kier alpha value is -0.410. The molecule has 2 fully saturated rings. The second-order valence-electron chi connectivity index (χ2n) is 6.16. The van der Waals surface area contributed by atoms with Gasteiger partial charge in [-0.1, -0.05) is 20.3 Å². The van der Waals surface area contributed by atoms with E-state index >= 15 is 0 Å². The van der Waals surface area contributed by atoms with E-state index in [0.717, 1.165) is 32.4 Å². The van der Waals surface area contributed by atoms with Gasteiger partial charge in [0.05, 0.1) is 0 Å². The van der Waals surface area contributed by atoms with Crippen LogP contribution in [0.1, 0.15) is 52.4 Å². The summed E-state index contributed by atoms with van der Waals surface area (Å²) in [7, 11) is 0.